The number of carbonyl (C=O) groups excluding carboxylic acids is 1. The Morgan fingerprint density at radius 1 is 1.33 bits per heavy atom. The number of hydrogen-bond donors (Lipinski definition) is 1. The predicted molar refractivity (Wildman–Crippen MR) is 51.5 cm³/mol. The fraction of sp³-hybridized carbons (Fsp3) is 0.364. The van der Waals surface area contributed by atoms with Gasteiger partial charge >= 0.3 is 0 Å². The molecule has 1 amide bonds. The van der Waals surface area contributed by atoms with Crippen molar-refractivity contribution in [2.24, 2.45) is 0 Å². The first-order valence-electron chi connectivity index (χ1n) is 4.80. The Morgan fingerprint density at radius 2 is 2.07 bits per heavy atom. The molecule has 1 aromatic carbocycles. The lowest BCUT2D eigenvalue weighted by molar-refractivity contribution is -0.119. The molecule has 0 radical (unpaired) electrons. The second-order valence-corrected chi connectivity index (χ2v) is 3.83. The summed E-state index contributed by atoms with van der Waals surface area (Å²) in [7, 11) is 0. The maximum absolute atomic E-state index is 13.5. The van der Waals surface area contributed by atoms with Crippen molar-refractivity contribution in [1.29, 1.82) is 0 Å². The Labute approximate surface area is 86.3 Å². The number of benzene rings is 1. The van der Waals surface area contributed by atoms with Gasteiger partial charge in [-0.05, 0) is 30.2 Å². The molecule has 0 unspecified atom stereocenters. The van der Waals surface area contributed by atoms with Gasteiger partial charge in [-0.15, -0.1) is 0 Å². The summed E-state index contributed by atoms with van der Waals surface area (Å²) in [6.07, 6.45) is 0.236. The van der Waals surface area contributed by atoms with Gasteiger partial charge in [-0.25, -0.2) is 8.78 Å². The molecule has 4 heteroatoms. The van der Waals surface area contributed by atoms with Gasteiger partial charge in [0.15, 0.2) is 0 Å². The molecule has 15 heavy (non-hydrogen) atoms. The highest BCUT2D eigenvalue weighted by Gasteiger charge is 2.26. The fourth-order valence-corrected chi connectivity index (χ4v) is 1.80. The van der Waals surface area contributed by atoms with Crippen molar-refractivity contribution in [2.75, 3.05) is 6.54 Å². The van der Waals surface area contributed by atoms with Crippen LogP contribution in [0.5, 0.6) is 0 Å². The molecule has 2 nitrogen and oxygen atoms in total. The first-order valence-corrected chi connectivity index (χ1v) is 4.80. The molecule has 1 saturated heterocycles. The first kappa shape index (κ1) is 10.1. The van der Waals surface area contributed by atoms with E-state index in [1.165, 1.54) is 19.1 Å². The van der Waals surface area contributed by atoms with Crippen LogP contribution in [0, 0.1) is 18.6 Å². The molecular formula is C11H11F2NO. The van der Waals surface area contributed by atoms with Crippen LogP contribution in [0.4, 0.5) is 8.78 Å². The van der Waals surface area contributed by atoms with Crippen LogP contribution >= 0.6 is 0 Å². The highest BCUT2D eigenvalue weighted by atomic mass is 19.1. The van der Waals surface area contributed by atoms with Crippen LogP contribution in [-0.2, 0) is 4.79 Å². The molecule has 1 aliphatic heterocycles. The van der Waals surface area contributed by atoms with E-state index in [0.717, 1.165) is 0 Å². The number of carbonyl (C=O) groups is 1. The summed E-state index contributed by atoms with van der Waals surface area (Å²) in [4.78, 5) is 11.0. The van der Waals surface area contributed by atoms with Crippen molar-refractivity contribution in [2.45, 2.75) is 19.3 Å². The van der Waals surface area contributed by atoms with E-state index in [0.29, 0.717) is 6.54 Å². The lowest BCUT2D eigenvalue weighted by atomic mass is 9.96. The number of rotatable bonds is 1. The lowest BCUT2D eigenvalue weighted by Crippen LogP contribution is -2.13. The summed E-state index contributed by atoms with van der Waals surface area (Å²) in [5.41, 5.74) is 0.574. The molecule has 1 aromatic rings. The van der Waals surface area contributed by atoms with E-state index >= 15 is 0 Å². The zero-order valence-corrected chi connectivity index (χ0v) is 8.31. The second kappa shape index (κ2) is 3.61. The smallest absolute Gasteiger partial charge is 0.220 e. The Kier molecular flexibility index (Phi) is 2.42. The van der Waals surface area contributed by atoms with Gasteiger partial charge in [-0.2, -0.15) is 0 Å². The summed E-state index contributed by atoms with van der Waals surface area (Å²) in [6, 6.07) is 2.36. The SMILES string of the molecule is Cc1cc(F)c([C@@H]2CNC(=O)C2)cc1F. The molecule has 0 spiro atoms. The van der Waals surface area contributed by atoms with Gasteiger partial charge in [0.25, 0.3) is 0 Å². The number of hydrogen-bond acceptors (Lipinski definition) is 1. The van der Waals surface area contributed by atoms with Crippen molar-refractivity contribution < 1.29 is 13.6 Å². The van der Waals surface area contributed by atoms with Crippen molar-refractivity contribution in [3.8, 4) is 0 Å². The third-order valence-corrected chi connectivity index (χ3v) is 2.70. The van der Waals surface area contributed by atoms with E-state index in [-0.39, 0.29) is 29.4 Å². The van der Waals surface area contributed by atoms with E-state index in [2.05, 4.69) is 5.32 Å². The van der Waals surface area contributed by atoms with Crippen molar-refractivity contribution in [3.63, 3.8) is 0 Å². The van der Waals surface area contributed by atoms with Gasteiger partial charge < -0.3 is 5.32 Å². The summed E-state index contributed by atoms with van der Waals surface area (Å²) in [5, 5.41) is 2.60. The first-order chi connectivity index (χ1) is 7.08. The van der Waals surface area contributed by atoms with Gasteiger partial charge in [-0.3, -0.25) is 4.79 Å². The van der Waals surface area contributed by atoms with Crippen LogP contribution in [0.25, 0.3) is 0 Å². The monoisotopic (exact) mass is 211 g/mol. The molecule has 1 fully saturated rings. The van der Waals surface area contributed by atoms with Gasteiger partial charge in [0, 0.05) is 18.9 Å². The number of nitrogens with one attached hydrogen (secondary N) is 1. The van der Waals surface area contributed by atoms with Gasteiger partial charge in [-0.1, -0.05) is 0 Å². The minimum atomic E-state index is -0.435. The molecule has 1 atom stereocenters. The third-order valence-electron chi connectivity index (χ3n) is 2.70. The summed E-state index contributed by atoms with van der Waals surface area (Å²) < 4.78 is 26.7. The number of amides is 1. The maximum atomic E-state index is 13.5. The average molecular weight is 211 g/mol. The van der Waals surface area contributed by atoms with E-state index in [1.807, 2.05) is 0 Å². The lowest BCUT2D eigenvalue weighted by Gasteiger charge is -2.10. The van der Waals surface area contributed by atoms with E-state index in [4.69, 9.17) is 0 Å². The molecular weight excluding hydrogens is 200 g/mol. The highest BCUT2D eigenvalue weighted by Crippen LogP contribution is 2.27. The van der Waals surface area contributed by atoms with Crippen molar-refractivity contribution >= 4 is 5.91 Å². The summed E-state index contributed by atoms with van der Waals surface area (Å²) in [6.45, 7) is 1.90. The Hall–Kier alpha value is -1.45. The van der Waals surface area contributed by atoms with Gasteiger partial charge in [0.05, 0.1) is 0 Å². The standard InChI is InChI=1S/C11H11F2NO/c1-6-2-10(13)8(4-9(6)12)7-3-11(15)14-5-7/h2,4,7H,3,5H2,1H3,(H,14,15)/t7-/m0/s1. The fourth-order valence-electron chi connectivity index (χ4n) is 1.80. The molecule has 80 valence electrons. The molecule has 0 aromatic heterocycles. The molecule has 0 bridgehead atoms. The van der Waals surface area contributed by atoms with Gasteiger partial charge in [0.2, 0.25) is 5.91 Å². The van der Waals surface area contributed by atoms with Crippen LogP contribution in [0.1, 0.15) is 23.5 Å². The molecule has 0 saturated carbocycles. The zero-order chi connectivity index (χ0) is 11.0. The predicted octanol–water partition coefficient (Wildman–Crippen LogP) is 1.88. The Bertz CT molecular complexity index is 417. The quantitative estimate of drug-likeness (QED) is 0.755. The molecule has 1 heterocycles. The van der Waals surface area contributed by atoms with E-state index < -0.39 is 11.6 Å². The molecule has 0 aliphatic carbocycles. The summed E-state index contributed by atoms with van der Waals surface area (Å²) >= 11 is 0. The van der Waals surface area contributed by atoms with Crippen LogP contribution in [0.15, 0.2) is 12.1 Å². The largest absolute Gasteiger partial charge is 0.355 e. The third kappa shape index (κ3) is 1.84. The summed E-state index contributed by atoms with van der Waals surface area (Å²) in [5.74, 6) is -1.21. The Balaban J connectivity index is 2.36. The minimum Gasteiger partial charge on any atom is -0.355 e. The van der Waals surface area contributed by atoms with E-state index in [9.17, 15) is 13.6 Å². The maximum Gasteiger partial charge on any atom is 0.220 e. The second-order valence-electron chi connectivity index (χ2n) is 3.83. The zero-order valence-electron chi connectivity index (χ0n) is 8.31. The van der Waals surface area contributed by atoms with E-state index in [1.54, 1.807) is 0 Å². The van der Waals surface area contributed by atoms with Crippen LogP contribution < -0.4 is 5.32 Å². The van der Waals surface area contributed by atoms with Crippen LogP contribution in [0.3, 0.4) is 0 Å². The Morgan fingerprint density at radius 3 is 2.67 bits per heavy atom. The number of aryl methyl sites for hydroxylation is 1. The number of halogens is 2. The molecule has 1 N–H and O–H groups in total. The van der Waals surface area contributed by atoms with Crippen molar-refractivity contribution in [1.82, 2.24) is 5.32 Å². The van der Waals surface area contributed by atoms with Crippen LogP contribution in [0.2, 0.25) is 0 Å². The minimum absolute atomic E-state index is 0.111. The molecule has 1 aliphatic rings. The van der Waals surface area contributed by atoms with Crippen LogP contribution in [-0.4, -0.2) is 12.5 Å². The average Bonchev–Trinajstić information content (AvgIpc) is 2.58. The molecule has 2 rings (SSSR count). The van der Waals surface area contributed by atoms with Gasteiger partial charge in [0.1, 0.15) is 11.6 Å². The highest BCUT2D eigenvalue weighted by molar-refractivity contribution is 5.79. The van der Waals surface area contributed by atoms with Crippen molar-refractivity contribution in [3.05, 3.63) is 34.9 Å². The topological polar surface area (TPSA) is 29.1 Å². The normalized spacial score (nSPS) is 20.5.